The minimum atomic E-state index is -0.0143. The highest BCUT2D eigenvalue weighted by Gasteiger charge is 2.39. The van der Waals surface area contributed by atoms with Crippen molar-refractivity contribution >= 4 is 11.6 Å². The zero-order chi connectivity index (χ0) is 16.4. The van der Waals surface area contributed by atoms with Crippen molar-refractivity contribution in [2.75, 3.05) is 19.8 Å². The van der Waals surface area contributed by atoms with Crippen LogP contribution in [0.5, 0.6) is 11.5 Å². The van der Waals surface area contributed by atoms with E-state index in [4.69, 9.17) is 26.8 Å². The van der Waals surface area contributed by atoms with Crippen molar-refractivity contribution in [3.05, 3.63) is 22.2 Å². The Morgan fingerprint density at radius 3 is 2.48 bits per heavy atom. The van der Waals surface area contributed by atoms with Crippen LogP contribution in [-0.2, 0) is 5.41 Å². The Morgan fingerprint density at radius 1 is 1.13 bits per heavy atom. The van der Waals surface area contributed by atoms with E-state index in [9.17, 15) is 0 Å². The lowest BCUT2D eigenvalue weighted by atomic mass is 9.67. The molecule has 1 aliphatic heterocycles. The molecule has 0 saturated heterocycles. The zero-order valence-corrected chi connectivity index (χ0v) is 15.0. The average molecular weight is 338 g/mol. The van der Waals surface area contributed by atoms with Gasteiger partial charge in [0.1, 0.15) is 0 Å². The third-order valence-electron chi connectivity index (χ3n) is 5.34. The molecule has 2 N–H and O–H groups in total. The molecule has 1 saturated carbocycles. The number of hydrogen-bond donors (Lipinski definition) is 1. The summed E-state index contributed by atoms with van der Waals surface area (Å²) >= 11 is 6.77. The molecule has 0 bridgehead atoms. The predicted molar refractivity (Wildman–Crippen MR) is 95.0 cm³/mol. The molecule has 1 aromatic carbocycles. The van der Waals surface area contributed by atoms with Crippen molar-refractivity contribution in [2.24, 2.45) is 5.73 Å². The first kappa shape index (κ1) is 16.9. The lowest BCUT2D eigenvalue weighted by molar-refractivity contribution is 0.289. The Labute approximate surface area is 144 Å². The molecule has 0 atom stereocenters. The lowest BCUT2D eigenvalue weighted by Gasteiger charge is -2.40. The van der Waals surface area contributed by atoms with Gasteiger partial charge in [0, 0.05) is 35.0 Å². The van der Waals surface area contributed by atoms with Crippen molar-refractivity contribution in [1.82, 2.24) is 0 Å². The summed E-state index contributed by atoms with van der Waals surface area (Å²) in [6.07, 6.45) is 6.87. The monoisotopic (exact) mass is 337 g/mol. The van der Waals surface area contributed by atoms with Gasteiger partial charge in [0.2, 0.25) is 0 Å². The second kappa shape index (κ2) is 6.90. The summed E-state index contributed by atoms with van der Waals surface area (Å²) in [5.74, 6) is 2.02. The van der Waals surface area contributed by atoms with E-state index in [1.165, 1.54) is 30.4 Å². The molecule has 0 amide bonds. The van der Waals surface area contributed by atoms with E-state index in [-0.39, 0.29) is 5.41 Å². The highest BCUT2D eigenvalue weighted by Crippen LogP contribution is 2.51. The highest BCUT2D eigenvalue weighted by atomic mass is 35.5. The van der Waals surface area contributed by atoms with Crippen LogP contribution in [0.4, 0.5) is 0 Å². The molecule has 1 heterocycles. The van der Waals surface area contributed by atoms with E-state index >= 15 is 0 Å². The normalized spacial score (nSPS) is 20.4. The predicted octanol–water partition coefficient (Wildman–Crippen LogP) is 4.79. The van der Waals surface area contributed by atoms with Crippen LogP contribution >= 0.6 is 11.6 Å². The number of nitrogens with two attached hydrogens (primary N) is 1. The molecular weight excluding hydrogens is 310 g/mol. The van der Waals surface area contributed by atoms with Crippen molar-refractivity contribution < 1.29 is 9.47 Å². The summed E-state index contributed by atoms with van der Waals surface area (Å²) < 4.78 is 12.0. The zero-order valence-electron chi connectivity index (χ0n) is 14.3. The Balaban J connectivity index is 2.21. The molecule has 1 aliphatic carbocycles. The van der Waals surface area contributed by atoms with Crippen LogP contribution in [0.25, 0.3) is 0 Å². The fourth-order valence-corrected chi connectivity index (χ4v) is 4.58. The highest BCUT2D eigenvalue weighted by molar-refractivity contribution is 6.32. The number of hydrogen-bond acceptors (Lipinski definition) is 3. The summed E-state index contributed by atoms with van der Waals surface area (Å²) in [6.45, 7) is 6.44. The minimum absolute atomic E-state index is 0.0143. The number of ether oxygens (including phenoxy) is 2. The molecule has 3 rings (SSSR count). The van der Waals surface area contributed by atoms with Crippen LogP contribution < -0.4 is 15.2 Å². The van der Waals surface area contributed by atoms with E-state index < -0.39 is 0 Å². The molecule has 0 radical (unpaired) electrons. The second-order valence-electron chi connectivity index (χ2n) is 7.22. The van der Waals surface area contributed by atoms with Gasteiger partial charge in [-0.3, -0.25) is 0 Å². The first-order valence-corrected chi connectivity index (χ1v) is 9.29. The maximum atomic E-state index is 6.77. The van der Waals surface area contributed by atoms with Gasteiger partial charge in [-0.2, -0.15) is 0 Å². The van der Waals surface area contributed by atoms with E-state index in [0.29, 0.717) is 25.7 Å². The summed E-state index contributed by atoms with van der Waals surface area (Å²) in [7, 11) is 0. The van der Waals surface area contributed by atoms with Gasteiger partial charge in [-0.05, 0) is 24.3 Å². The van der Waals surface area contributed by atoms with Gasteiger partial charge in [0.15, 0.2) is 11.5 Å². The average Bonchev–Trinajstić information content (AvgIpc) is 2.79. The Hall–Kier alpha value is -0.930. The van der Waals surface area contributed by atoms with Crippen LogP contribution in [0.15, 0.2) is 6.07 Å². The summed E-state index contributed by atoms with van der Waals surface area (Å²) in [6, 6.07) is 1.95. The third kappa shape index (κ3) is 3.06. The SMILES string of the molecule is CC(C)c1c2c(cc(Cl)c1C1(CN)CCCCC1)OCCCO2. The molecule has 1 fully saturated rings. The minimum Gasteiger partial charge on any atom is -0.489 e. The van der Waals surface area contributed by atoms with E-state index in [2.05, 4.69) is 13.8 Å². The van der Waals surface area contributed by atoms with Crippen LogP contribution in [0.3, 0.4) is 0 Å². The van der Waals surface area contributed by atoms with E-state index in [1.54, 1.807) is 0 Å². The lowest BCUT2D eigenvalue weighted by Crippen LogP contribution is -2.38. The molecule has 23 heavy (non-hydrogen) atoms. The molecule has 3 nitrogen and oxygen atoms in total. The van der Waals surface area contributed by atoms with Crippen LogP contribution in [-0.4, -0.2) is 19.8 Å². The third-order valence-corrected chi connectivity index (χ3v) is 5.63. The number of benzene rings is 1. The summed E-state index contributed by atoms with van der Waals surface area (Å²) in [5, 5.41) is 0.797. The van der Waals surface area contributed by atoms with Crippen LogP contribution in [0, 0.1) is 0 Å². The smallest absolute Gasteiger partial charge is 0.165 e. The van der Waals surface area contributed by atoms with E-state index in [1.807, 2.05) is 6.07 Å². The fraction of sp³-hybridized carbons (Fsp3) is 0.684. The van der Waals surface area contributed by atoms with Crippen molar-refractivity contribution in [1.29, 1.82) is 0 Å². The number of fused-ring (bicyclic) bond motifs is 1. The molecule has 0 aromatic heterocycles. The van der Waals surface area contributed by atoms with Crippen molar-refractivity contribution in [2.45, 2.75) is 63.7 Å². The first-order chi connectivity index (χ1) is 11.1. The summed E-state index contributed by atoms with van der Waals surface area (Å²) in [4.78, 5) is 0. The first-order valence-electron chi connectivity index (χ1n) is 8.91. The fourth-order valence-electron chi connectivity index (χ4n) is 4.17. The van der Waals surface area contributed by atoms with Crippen molar-refractivity contribution in [3.8, 4) is 11.5 Å². The Morgan fingerprint density at radius 2 is 1.83 bits per heavy atom. The number of rotatable bonds is 3. The van der Waals surface area contributed by atoms with Gasteiger partial charge in [-0.25, -0.2) is 0 Å². The molecular formula is C19H28ClNO2. The second-order valence-corrected chi connectivity index (χ2v) is 7.63. The van der Waals surface area contributed by atoms with E-state index in [0.717, 1.165) is 35.8 Å². The maximum Gasteiger partial charge on any atom is 0.165 e. The van der Waals surface area contributed by atoms with Crippen LogP contribution in [0.1, 0.15) is 69.4 Å². The van der Waals surface area contributed by atoms with Gasteiger partial charge >= 0.3 is 0 Å². The Kier molecular flexibility index (Phi) is 5.07. The van der Waals surface area contributed by atoms with Gasteiger partial charge in [0.05, 0.1) is 13.2 Å². The van der Waals surface area contributed by atoms with Gasteiger partial charge < -0.3 is 15.2 Å². The summed E-state index contributed by atoms with van der Waals surface area (Å²) in [5.41, 5.74) is 8.70. The maximum absolute atomic E-state index is 6.77. The van der Waals surface area contributed by atoms with Gasteiger partial charge in [-0.1, -0.05) is 44.7 Å². The quantitative estimate of drug-likeness (QED) is 0.862. The molecule has 128 valence electrons. The largest absolute Gasteiger partial charge is 0.489 e. The van der Waals surface area contributed by atoms with Crippen LogP contribution in [0.2, 0.25) is 5.02 Å². The molecule has 0 unspecified atom stereocenters. The Bertz CT molecular complexity index is 565. The molecule has 2 aliphatic rings. The van der Waals surface area contributed by atoms with Gasteiger partial charge in [0.25, 0.3) is 0 Å². The molecule has 1 aromatic rings. The molecule has 0 spiro atoms. The number of halogens is 1. The topological polar surface area (TPSA) is 44.5 Å². The van der Waals surface area contributed by atoms with Crippen molar-refractivity contribution in [3.63, 3.8) is 0 Å². The molecule has 4 heteroatoms. The standard InChI is InChI=1S/C19H28ClNO2/c1-13(2)16-17(19(12-21)7-4-3-5-8-19)14(20)11-15-18(16)23-10-6-9-22-15/h11,13H,3-10,12,21H2,1-2H3. The van der Waals surface area contributed by atoms with Gasteiger partial charge in [-0.15, -0.1) is 0 Å².